The number of alkyl halides is 1. The van der Waals surface area contributed by atoms with Gasteiger partial charge in [0.1, 0.15) is 17.2 Å². The Bertz CT molecular complexity index is 800. The Morgan fingerprint density at radius 2 is 1.86 bits per heavy atom. The zero-order valence-corrected chi connectivity index (χ0v) is 13.1. The van der Waals surface area contributed by atoms with E-state index in [-0.39, 0.29) is 5.52 Å². The average Bonchev–Trinajstić information content (AvgIpc) is 2.79. The normalized spacial score (nSPS) is 11.2. The molecule has 3 aromatic rings. The fourth-order valence-corrected chi connectivity index (χ4v) is 2.72. The SMILES string of the molecule is Fc1cc(F)c2nc(CCCl)n(-c3ccc(Br)cc3)c2c1. The van der Waals surface area contributed by atoms with Gasteiger partial charge in [-0.2, -0.15) is 0 Å². The van der Waals surface area contributed by atoms with Gasteiger partial charge in [-0.3, -0.25) is 4.57 Å². The smallest absolute Gasteiger partial charge is 0.153 e. The first-order valence-corrected chi connectivity index (χ1v) is 7.61. The molecule has 1 heterocycles. The maximum Gasteiger partial charge on any atom is 0.153 e. The quantitative estimate of drug-likeness (QED) is 0.602. The van der Waals surface area contributed by atoms with Crippen molar-refractivity contribution in [2.45, 2.75) is 6.42 Å². The molecule has 0 N–H and O–H groups in total. The Hall–Kier alpha value is -1.46. The molecule has 21 heavy (non-hydrogen) atoms. The molecule has 0 bridgehead atoms. The van der Waals surface area contributed by atoms with Crippen LogP contribution in [0.5, 0.6) is 0 Å². The van der Waals surface area contributed by atoms with Gasteiger partial charge in [-0.05, 0) is 24.3 Å². The number of hydrogen-bond acceptors (Lipinski definition) is 1. The highest BCUT2D eigenvalue weighted by molar-refractivity contribution is 9.10. The summed E-state index contributed by atoms with van der Waals surface area (Å²) in [7, 11) is 0. The standard InChI is InChI=1S/C15H10BrClF2N2/c16-9-1-3-11(4-2-9)21-13-8-10(18)7-12(19)15(13)20-14(21)5-6-17/h1-4,7-8H,5-6H2. The summed E-state index contributed by atoms with van der Waals surface area (Å²) in [6, 6.07) is 9.55. The highest BCUT2D eigenvalue weighted by atomic mass is 79.9. The van der Waals surface area contributed by atoms with Crippen molar-refractivity contribution in [2.24, 2.45) is 0 Å². The number of aromatic nitrogens is 2. The van der Waals surface area contributed by atoms with E-state index >= 15 is 0 Å². The van der Waals surface area contributed by atoms with E-state index in [1.165, 1.54) is 6.07 Å². The molecule has 0 saturated heterocycles. The van der Waals surface area contributed by atoms with Crippen LogP contribution in [-0.2, 0) is 6.42 Å². The largest absolute Gasteiger partial charge is 0.296 e. The van der Waals surface area contributed by atoms with Crippen molar-refractivity contribution >= 4 is 38.6 Å². The first kappa shape index (κ1) is 14.5. The number of benzene rings is 2. The lowest BCUT2D eigenvalue weighted by molar-refractivity contribution is 0.590. The van der Waals surface area contributed by atoms with Gasteiger partial charge < -0.3 is 0 Å². The van der Waals surface area contributed by atoms with E-state index in [2.05, 4.69) is 20.9 Å². The molecule has 0 aliphatic heterocycles. The molecule has 0 amide bonds. The molecule has 0 fully saturated rings. The molecule has 0 unspecified atom stereocenters. The Labute approximate surface area is 133 Å². The second kappa shape index (κ2) is 5.73. The Balaban J connectivity index is 2.32. The van der Waals surface area contributed by atoms with Gasteiger partial charge in [0.2, 0.25) is 0 Å². The van der Waals surface area contributed by atoms with Crippen molar-refractivity contribution in [3.8, 4) is 5.69 Å². The summed E-state index contributed by atoms with van der Waals surface area (Å²) in [5.74, 6) is -0.344. The van der Waals surface area contributed by atoms with Crippen LogP contribution in [0, 0.1) is 11.6 Å². The van der Waals surface area contributed by atoms with Gasteiger partial charge in [0.05, 0.1) is 5.52 Å². The van der Waals surface area contributed by atoms with Crippen LogP contribution in [0.3, 0.4) is 0 Å². The maximum atomic E-state index is 13.9. The van der Waals surface area contributed by atoms with Crippen molar-refractivity contribution in [1.82, 2.24) is 9.55 Å². The highest BCUT2D eigenvalue weighted by Gasteiger charge is 2.16. The zero-order valence-electron chi connectivity index (χ0n) is 10.8. The fraction of sp³-hybridized carbons (Fsp3) is 0.133. The minimum Gasteiger partial charge on any atom is -0.296 e. The third-order valence-electron chi connectivity index (χ3n) is 3.15. The van der Waals surface area contributed by atoms with Crippen LogP contribution in [0.25, 0.3) is 16.7 Å². The lowest BCUT2D eigenvalue weighted by Crippen LogP contribution is -2.02. The van der Waals surface area contributed by atoms with Gasteiger partial charge in [-0.25, -0.2) is 13.8 Å². The van der Waals surface area contributed by atoms with Crippen LogP contribution in [-0.4, -0.2) is 15.4 Å². The molecular weight excluding hydrogens is 362 g/mol. The second-order valence-electron chi connectivity index (χ2n) is 4.53. The summed E-state index contributed by atoms with van der Waals surface area (Å²) in [4.78, 5) is 4.27. The molecule has 0 atom stereocenters. The van der Waals surface area contributed by atoms with Gasteiger partial charge in [0.15, 0.2) is 5.82 Å². The van der Waals surface area contributed by atoms with Crippen LogP contribution >= 0.6 is 27.5 Å². The second-order valence-corrected chi connectivity index (χ2v) is 5.83. The summed E-state index contributed by atoms with van der Waals surface area (Å²) >= 11 is 9.16. The molecule has 0 spiro atoms. The molecule has 3 rings (SSSR count). The van der Waals surface area contributed by atoms with E-state index in [4.69, 9.17) is 11.6 Å². The number of rotatable bonds is 3. The Kier molecular flexibility index (Phi) is 3.95. The summed E-state index contributed by atoms with van der Waals surface area (Å²) in [6.07, 6.45) is 0.466. The average molecular weight is 372 g/mol. The van der Waals surface area contributed by atoms with Gasteiger partial charge in [-0.15, -0.1) is 11.6 Å². The van der Waals surface area contributed by atoms with Crippen LogP contribution < -0.4 is 0 Å². The number of nitrogens with zero attached hydrogens (tertiary/aromatic N) is 2. The van der Waals surface area contributed by atoms with Crippen LogP contribution in [0.1, 0.15) is 5.82 Å². The monoisotopic (exact) mass is 370 g/mol. The number of hydrogen-bond donors (Lipinski definition) is 0. The molecule has 0 aliphatic carbocycles. The molecule has 0 radical (unpaired) electrons. The van der Waals surface area contributed by atoms with Gasteiger partial charge >= 0.3 is 0 Å². The maximum absolute atomic E-state index is 13.9. The third-order valence-corrected chi connectivity index (χ3v) is 3.87. The summed E-state index contributed by atoms with van der Waals surface area (Å²) in [6.45, 7) is 0. The minimum absolute atomic E-state index is 0.152. The summed E-state index contributed by atoms with van der Waals surface area (Å²) in [5, 5.41) is 0. The lowest BCUT2D eigenvalue weighted by atomic mass is 10.2. The molecule has 2 aromatic carbocycles. The van der Waals surface area contributed by atoms with Crippen molar-refractivity contribution in [3.05, 3.63) is 58.3 Å². The van der Waals surface area contributed by atoms with Crippen LogP contribution in [0.4, 0.5) is 8.78 Å². The zero-order chi connectivity index (χ0) is 15.0. The Morgan fingerprint density at radius 1 is 1.14 bits per heavy atom. The molecule has 1 aromatic heterocycles. The predicted molar refractivity (Wildman–Crippen MR) is 83.1 cm³/mol. The van der Waals surface area contributed by atoms with E-state index in [0.29, 0.717) is 23.6 Å². The number of halogens is 4. The van der Waals surface area contributed by atoms with Gasteiger partial charge in [-0.1, -0.05) is 15.9 Å². The van der Waals surface area contributed by atoms with Crippen LogP contribution in [0.15, 0.2) is 40.9 Å². The fourth-order valence-electron chi connectivity index (χ4n) is 2.28. The van der Waals surface area contributed by atoms with Crippen molar-refractivity contribution in [1.29, 1.82) is 0 Å². The van der Waals surface area contributed by atoms with Crippen LogP contribution in [0.2, 0.25) is 0 Å². The van der Waals surface area contributed by atoms with Crippen molar-refractivity contribution in [3.63, 3.8) is 0 Å². The summed E-state index contributed by atoms with van der Waals surface area (Å²) in [5.41, 5.74) is 1.33. The van der Waals surface area contributed by atoms with Gasteiger partial charge in [0.25, 0.3) is 0 Å². The van der Waals surface area contributed by atoms with Crippen molar-refractivity contribution in [2.75, 3.05) is 5.88 Å². The first-order valence-electron chi connectivity index (χ1n) is 6.28. The lowest BCUT2D eigenvalue weighted by Gasteiger charge is -2.08. The summed E-state index contributed by atoms with van der Waals surface area (Å²) < 4.78 is 30.1. The van der Waals surface area contributed by atoms with Gasteiger partial charge in [0, 0.05) is 34.6 Å². The first-order chi connectivity index (χ1) is 10.1. The molecule has 6 heteroatoms. The molecule has 2 nitrogen and oxygen atoms in total. The topological polar surface area (TPSA) is 17.8 Å². The number of aryl methyl sites for hydroxylation is 1. The number of imidazole rings is 1. The Morgan fingerprint density at radius 3 is 2.52 bits per heavy atom. The molecule has 0 aliphatic rings. The van der Waals surface area contributed by atoms with Crippen molar-refractivity contribution < 1.29 is 8.78 Å². The number of fused-ring (bicyclic) bond motifs is 1. The van der Waals surface area contributed by atoms with E-state index in [9.17, 15) is 8.78 Å². The molecule has 108 valence electrons. The predicted octanol–water partition coefficient (Wildman–Crippen LogP) is 4.85. The highest BCUT2D eigenvalue weighted by Crippen LogP contribution is 2.26. The van der Waals surface area contributed by atoms with E-state index in [1.807, 2.05) is 24.3 Å². The van der Waals surface area contributed by atoms with E-state index in [0.717, 1.165) is 16.2 Å². The molecular formula is C15H10BrClF2N2. The van der Waals surface area contributed by atoms with E-state index < -0.39 is 11.6 Å². The molecule has 0 saturated carbocycles. The van der Waals surface area contributed by atoms with E-state index in [1.54, 1.807) is 4.57 Å². The third kappa shape index (κ3) is 2.68. The minimum atomic E-state index is -0.670.